The molecule has 0 radical (unpaired) electrons. The second-order valence-corrected chi connectivity index (χ2v) is 3.77. The summed E-state index contributed by atoms with van der Waals surface area (Å²) >= 11 is 0. The molecule has 21 heavy (non-hydrogen) atoms. The van der Waals surface area contributed by atoms with Gasteiger partial charge in [0.15, 0.2) is 0 Å². The van der Waals surface area contributed by atoms with Crippen molar-refractivity contribution in [2.75, 3.05) is 5.73 Å². The Hall–Kier alpha value is -2.24. The monoisotopic (exact) mass is 319 g/mol. The second kappa shape index (κ2) is 5.27. The summed E-state index contributed by atoms with van der Waals surface area (Å²) in [5.41, 5.74) is 6.72. The fourth-order valence-corrected chi connectivity index (χ4v) is 1.41. The standard InChI is InChI=1S/C9H7F6N3O3/c10-8(11,12)7(17)4-1-3(21-9(13,14)15)2-5(6(4)16)18(19)20/h1-2,7H,16-17H2/t7-/m1/s1. The lowest BCUT2D eigenvalue weighted by molar-refractivity contribution is -0.384. The average Bonchev–Trinajstić information content (AvgIpc) is 2.26. The topological polar surface area (TPSA) is 104 Å². The summed E-state index contributed by atoms with van der Waals surface area (Å²) in [7, 11) is 0. The number of nitro groups is 1. The number of halogens is 6. The van der Waals surface area contributed by atoms with Gasteiger partial charge in [0, 0.05) is 5.56 Å². The third-order valence-corrected chi connectivity index (χ3v) is 2.28. The van der Waals surface area contributed by atoms with Gasteiger partial charge in [0.1, 0.15) is 17.5 Å². The Bertz CT molecular complexity index is 557. The first-order valence-corrected chi connectivity index (χ1v) is 4.98. The summed E-state index contributed by atoms with van der Waals surface area (Å²) in [5.74, 6) is -1.22. The van der Waals surface area contributed by atoms with Crippen molar-refractivity contribution in [2.45, 2.75) is 18.6 Å². The van der Waals surface area contributed by atoms with E-state index in [0.29, 0.717) is 0 Å². The van der Waals surface area contributed by atoms with E-state index in [2.05, 4.69) is 4.74 Å². The molecule has 12 heteroatoms. The number of hydrogen-bond acceptors (Lipinski definition) is 5. The summed E-state index contributed by atoms with van der Waals surface area (Å²) in [4.78, 5) is 9.39. The molecule has 4 N–H and O–H groups in total. The fourth-order valence-electron chi connectivity index (χ4n) is 1.41. The van der Waals surface area contributed by atoms with Gasteiger partial charge >= 0.3 is 12.5 Å². The van der Waals surface area contributed by atoms with E-state index < -0.39 is 46.2 Å². The number of benzene rings is 1. The molecular weight excluding hydrogens is 312 g/mol. The minimum absolute atomic E-state index is 0.258. The van der Waals surface area contributed by atoms with E-state index in [9.17, 15) is 36.5 Å². The van der Waals surface area contributed by atoms with E-state index in [4.69, 9.17) is 11.5 Å². The largest absolute Gasteiger partial charge is 0.573 e. The summed E-state index contributed by atoms with van der Waals surface area (Å²) in [6, 6.07) is -2.28. The van der Waals surface area contributed by atoms with Crippen LogP contribution in [0.1, 0.15) is 11.6 Å². The molecule has 0 aliphatic heterocycles. The van der Waals surface area contributed by atoms with Crippen LogP contribution in [0.3, 0.4) is 0 Å². The number of nitrogen functional groups attached to an aromatic ring is 1. The van der Waals surface area contributed by atoms with Gasteiger partial charge in [-0.1, -0.05) is 0 Å². The quantitative estimate of drug-likeness (QED) is 0.386. The van der Waals surface area contributed by atoms with Gasteiger partial charge in [0.05, 0.1) is 11.0 Å². The van der Waals surface area contributed by atoms with Crippen molar-refractivity contribution < 1.29 is 36.0 Å². The summed E-state index contributed by atoms with van der Waals surface area (Å²) in [6.07, 6.45) is -10.3. The van der Waals surface area contributed by atoms with Crippen LogP contribution in [-0.2, 0) is 0 Å². The molecule has 1 aromatic carbocycles. The average molecular weight is 319 g/mol. The van der Waals surface area contributed by atoms with Crippen LogP contribution in [-0.4, -0.2) is 17.5 Å². The first kappa shape index (κ1) is 16.8. The predicted octanol–water partition coefficient (Wildman–Crippen LogP) is 2.64. The van der Waals surface area contributed by atoms with Crippen molar-refractivity contribution in [3.63, 3.8) is 0 Å². The summed E-state index contributed by atoms with van der Waals surface area (Å²) in [6.45, 7) is 0. The number of nitrogens with two attached hydrogens (primary N) is 2. The Labute approximate surface area is 112 Å². The van der Waals surface area contributed by atoms with Gasteiger partial charge in [-0.2, -0.15) is 13.2 Å². The smallest absolute Gasteiger partial charge is 0.406 e. The summed E-state index contributed by atoms with van der Waals surface area (Å²) < 4.78 is 77.1. The van der Waals surface area contributed by atoms with Crippen LogP contribution in [0.25, 0.3) is 0 Å². The number of nitrogens with zero attached hydrogens (tertiary/aromatic N) is 1. The van der Waals surface area contributed by atoms with E-state index in [1.54, 1.807) is 0 Å². The molecule has 0 saturated heterocycles. The molecule has 118 valence electrons. The number of hydrogen-bond donors (Lipinski definition) is 2. The molecule has 0 aliphatic carbocycles. The van der Waals surface area contributed by atoms with Crippen molar-refractivity contribution in [3.05, 3.63) is 27.8 Å². The van der Waals surface area contributed by atoms with Gasteiger partial charge in [0.2, 0.25) is 0 Å². The molecule has 0 spiro atoms. The zero-order chi connectivity index (χ0) is 16.6. The fraction of sp³-hybridized carbons (Fsp3) is 0.333. The Balaban J connectivity index is 3.45. The lowest BCUT2D eigenvalue weighted by Crippen LogP contribution is -2.29. The maximum absolute atomic E-state index is 12.5. The minimum Gasteiger partial charge on any atom is -0.406 e. The third-order valence-electron chi connectivity index (χ3n) is 2.28. The van der Waals surface area contributed by atoms with Crippen LogP contribution in [0.2, 0.25) is 0 Å². The number of ether oxygens (including phenoxy) is 1. The lowest BCUT2D eigenvalue weighted by atomic mass is 10.0. The second-order valence-electron chi connectivity index (χ2n) is 3.77. The molecule has 0 aliphatic rings. The molecule has 6 nitrogen and oxygen atoms in total. The number of rotatable bonds is 3. The van der Waals surface area contributed by atoms with E-state index in [0.717, 1.165) is 0 Å². The molecular formula is C9H7F6N3O3. The zero-order valence-corrected chi connectivity index (χ0v) is 9.83. The third kappa shape index (κ3) is 4.11. The van der Waals surface area contributed by atoms with Crippen LogP contribution in [0.15, 0.2) is 12.1 Å². The van der Waals surface area contributed by atoms with Crippen LogP contribution in [0.4, 0.5) is 37.7 Å². The molecule has 1 rings (SSSR count). The lowest BCUT2D eigenvalue weighted by Gasteiger charge is -2.19. The van der Waals surface area contributed by atoms with Crippen molar-refractivity contribution in [1.29, 1.82) is 0 Å². The van der Waals surface area contributed by atoms with Gasteiger partial charge in [-0.3, -0.25) is 10.1 Å². The Morgan fingerprint density at radius 1 is 1.19 bits per heavy atom. The van der Waals surface area contributed by atoms with Crippen LogP contribution in [0.5, 0.6) is 5.75 Å². The van der Waals surface area contributed by atoms with Gasteiger partial charge < -0.3 is 16.2 Å². The van der Waals surface area contributed by atoms with E-state index in [1.165, 1.54) is 0 Å². The zero-order valence-electron chi connectivity index (χ0n) is 9.83. The van der Waals surface area contributed by atoms with Crippen LogP contribution < -0.4 is 16.2 Å². The maximum atomic E-state index is 12.5. The molecule has 0 heterocycles. The summed E-state index contributed by atoms with van der Waals surface area (Å²) in [5, 5.41) is 10.6. The molecule has 0 saturated carbocycles. The van der Waals surface area contributed by atoms with Crippen molar-refractivity contribution >= 4 is 11.4 Å². The highest BCUT2D eigenvalue weighted by atomic mass is 19.4. The number of anilines is 1. The van der Waals surface area contributed by atoms with E-state index in [-0.39, 0.29) is 12.1 Å². The highest BCUT2D eigenvalue weighted by molar-refractivity contribution is 5.67. The molecule has 1 atom stereocenters. The van der Waals surface area contributed by atoms with E-state index >= 15 is 0 Å². The molecule has 0 aromatic heterocycles. The highest BCUT2D eigenvalue weighted by Gasteiger charge is 2.41. The Morgan fingerprint density at radius 2 is 1.71 bits per heavy atom. The first-order valence-electron chi connectivity index (χ1n) is 4.98. The molecule has 0 bridgehead atoms. The van der Waals surface area contributed by atoms with Gasteiger partial charge in [-0.25, -0.2) is 0 Å². The Kier molecular flexibility index (Phi) is 4.22. The van der Waals surface area contributed by atoms with Crippen molar-refractivity contribution in [3.8, 4) is 5.75 Å². The minimum atomic E-state index is -5.25. The van der Waals surface area contributed by atoms with Crippen LogP contribution in [0, 0.1) is 10.1 Å². The molecule has 0 amide bonds. The Morgan fingerprint density at radius 3 is 2.10 bits per heavy atom. The van der Waals surface area contributed by atoms with E-state index in [1.807, 2.05) is 0 Å². The van der Waals surface area contributed by atoms with Crippen molar-refractivity contribution in [2.24, 2.45) is 5.73 Å². The maximum Gasteiger partial charge on any atom is 0.573 e. The molecule has 1 aromatic rings. The van der Waals surface area contributed by atoms with Gasteiger partial charge in [0.25, 0.3) is 5.69 Å². The van der Waals surface area contributed by atoms with Gasteiger partial charge in [-0.15, -0.1) is 13.2 Å². The van der Waals surface area contributed by atoms with Gasteiger partial charge in [-0.05, 0) is 6.07 Å². The van der Waals surface area contributed by atoms with Crippen LogP contribution >= 0.6 is 0 Å². The number of nitro benzene ring substituents is 1. The molecule has 0 unspecified atom stereocenters. The van der Waals surface area contributed by atoms with Crippen molar-refractivity contribution in [1.82, 2.24) is 0 Å². The highest BCUT2D eigenvalue weighted by Crippen LogP contribution is 2.40. The normalized spacial score (nSPS) is 13.9. The number of alkyl halides is 6. The first-order chi connectivity index (χ1) is 9.33. The SMILES string of the molecule is Nc1c([C@@H](N)C(F)(F)F)cc(OC(F)(F)F)cc1[N+](=O)[O-]. The molecule has 0 fully saturated rings. The predicted molar refractivity (Wildman–Crippen MR) is 57.2 cm³/mol.